The molecule has 98 valence electrons. The molecule has 0 aliphatic heterocycles. The van der Waals surface area contributed by atoms with Crippen LogP contribution in [0, 0.1) is 17.8 Å². The van der Waals surface area contributed by atoms with E-state index in [-0.39, 0.29) is 22.7 Å². The zero-order chi connectivity index (χ0) is 12.8. The lowest BCUT2D eigenvalue weighted by Gasteiger charge is -2.18. The molecule has 4 nitrogen and oxygen atoms in total. The molecule has 5 heteroatoms. The van der Waals surface area contributed by atoms with E-state index in [0.717, 1.165) is 12.5 Å². The van der Waals surface area contributed by atoms with Crippen LogP contribution in [-0.4, -0.2) is 30.7 Å². The van der Waals surface area contributed by atoms with Crippen molar-refractivity contribution < 1.29 is 9.53 Å². The van der Waals surface area contributed by atoms with E-state index < -0.39 is 0 Å². The van der Waals surface area contributed by atoms with Gasteiger partial charge in [0, 0.05) is 13.2 Å². The lowest BCUT2D eigenvalue weighted by atomic mass is 9.95. The highest BCUT2D eigenvalue weighted by Gasteiger charge is 2.24. The fourth-order valence-electron chi connectivity index (χ4n) is 1.65. The molecule has 0 aromatic heterocycles. The smallest absolute Gasteiger partial charge is 0.230 e. The van der Waals surface area contributed by atoms with Crippen molar-refractivity contribution in [3.8, 4) is 0 Å². The number of ether oxygens (including phenoxy) is 1. The second-order valence-electron chi connectivity index (χ2n) is 4.93. The number of hydrogen-bond acceptors (Lipinski definition) is 3. The van der Waals surface area contributed by atoms with Crippen molar-refractivity contribution in [2.75, 3.05) is 19.8 Å². The first-order valence-electron chi connectivity index (χ1n) is 6.17. The normalized spacial score (nSPS) is 16.9. The molecule has 1 aliphatic rings. The van der Waals surface area contributed by atoms with E-state index in [1.807, 2.05) is 13.8 Å². The van der Waals surface area contributed by atoms with Gasteiger partial charge in [-0.3, -0.25) is 4.79 Å². The van der Waals surface area contributed by atoms with Crippen LogP contribution in [0.15, 0.2) is 0 Å². The molecular formula is C12H22N2O2S. The highest BCUT2D eigenvalue weighted by Crippen LogP contribution is 2.28. The highest BCUT2D eigenvalue weighted by atomic mass is 32.1. The summed E-state index contributed by atoms with van der Waals surface area (Å²) in [5.74, 6) is 0.404. The van der Waals surface area contributed by atoms with Gasteiger partial charge in [0.2, 0.25) is 5.91 Å². The van der Waals surface area contributed by atoms with Gasteiger partial charge in [-0.1, -0.05) is 26.1 Å². The Hall–Kier alpha value is -0.680. The summed E-state index contributed by atoms with van der Waals surface area (Å²) in [7, 11) is 0. The summed E-state index contributed by atoms with van der Waals surface area (Å²) in [6.45, 7) is 5.78. The summed E-state index contributed by atoms with van der Waals surface area (Å²) in [5.41, 5.74) is 5.56. The lowest BCUT2D eigenvalue weighted by Crippen LogP contribution is -2.41. The van der Waals surface area contributed by atoms with Crippen LogP contribution in [-0.2, 0) is 9.53 Å². The number of carbonyl (C=O) groups excluding carboxylic acids is 1. The first-order chi connectivity index (χ1) is 8.02. The number of nitrogens with two attached hydrogens (primary N) is 1. The molecular weight excluding hydrogens is 236 g/mol. The van der Waals surface area contributed by atoms with Gasteiger partial charge in [0.1, 0.15) is 0 Å². The van der Waals surface area contributed by atoms with Crippen LogP contribution in [0.2, 0.25) is 0 Å². The van der Waals surface area contributed by atoms with Crippen LogP contribution in [0.25, 0.3) is 0 Å². The van der Waals surface area contributed by atoms with E-state index in [0.29, 0.717) is 13.2 Å². The van der Waals surface area contributed by atoms with Gasteiger partial charge in [0.05, 0.1) is 17.5 Å². The number of nitrogens with one attached hydrogen (secondary N) is 1. The number of hydrogen-bond donors (Lipinski definition) is 2. The van der Waals surface area contributed by atoms with Crippen LogP contribution < -0.4 is 11.1 Å². The summed E-state index contributed by atoms with van der Waals surface area (Å²) in [6.07, 6.45) is 2.56. The van der Waals surface area contributed by atoms with Gasteiger partial charge in [-0.25, -0.2) is 0 Å². The average Bonchev–Trinajstić information content (AvgIpc) is 2.99. The summed E-state index contributed by atoms with van der Waals surface area (Å²) in [6, 6.07) is 0. The van der Waals surface area contributed by atoms with Crippen molar-refractivity contribution in [3.05, 3.63) is 0 Å². The molecule has 1 saturated carbocycles. The molecule has 1 aliphatic carbocycles. The van der Waals surface area contributed by atoms with E-state index >= 15 is 0 Å². The molecule has 0 aromatic rings. The van der Waals surface area contributed by atoms with Gasteiger partial charge in [-0.05, 0) is 24.7 Å². The predicted octanol–water partition coefficient (Wildman–Crippen LogP) is 1.09. The van der Waals surface area contributed by atoms with Gasteiger partial charge in [0.25, 0.3) is 0 Å². The Labute approximate surface area is 108 Å². The maximum absolute atomic E-state index is 11.8. The Morgan fingerprint density at radius 1 is 1.53 bits per heavy atom. The van der Waals surface area contributed by atoms with Crippen LogP contribution >= 0.6 is 12.2 Å². The van der Waals surface area contributed by atoms with Gasteiger partial charge >= 0.3 is 0 Å². The molecule has 0 spiro atoms. The second-order valence-corrected chi connectivity index (χ2v) is 5.40. The van der Waals surface area contributed by atoms with Crippen LogP contribution in [0.1, 0.15) is 26.7 Å². The molecule has 1 fully saturated rings. The molecule has 1 atom stereocenters. The van der Waals surface area contributed by atoms with Crippen molar-refractivity contribution >= 4 is 23.1 Å². The van der Waals surface area contributed by atoms with E-state index in [9.17, 15) is 4.79 Å². The minimum Gasteiger partial charge on any atom is -0.393 e. The maximum atomic E-state index is 11.8. The topological polar surface area (TPSA) is 64.3 Å². The van der Waals surface area contributed by atoms with Gasteiger partial charge < -0.3 is 15.8 Å². The minimum atomic E-state index is -0.381. The molecule has 0 bridgehead atoms. The zero-order valence-electron chi connectivity index (χ0n) is 10.6. The first kappa shape index (κ1) is 14.4. The molecule has 3 N–H and O–H groups in total. The summed E-state index contributed by atoms with van der Waals surface area (Å²) in [5, 5.41) is 2.81. The standard InChI is InChI=1S/C12H22N2O2S/c1-8(2)10(11(13)17)12(15)14-5-6-16-7-9-3-4-9/h8-10H,3-7H2,1-2H3,(H2,13,17)(H,14,15). The number of rotatable bonds is 8. The quantitative estimate of drug-likeness (QED) is 0.505. The Balaban J connectivity index is 2.14. The summed E-state index contributed by atoms with van der Waals surface area (Å²) >= 11 is 4.90. The predicted molar refractivity (Wildman–Crippen MR) is 71.7 cm³/mol. The third-order valence-corrected chi connectivity index (χ3v) is 3.11. The Morgan fingerprint density at radius 3 is 2.65 bits per heavy atom. The largest absolute Gasteiger partial charge is 0.393 e. The molecule has 1 unspecified atom stereocenters. The minimum absolute atomic E-state index is 0.0949. The van der Waals surface area contributed by atoms with Crippen molar-refractivity contribution in [3.63, 3.8) is 0 Å². The first-order valence-corrected chi connectivity index (χ1v) is 6.58. The number of amides is 1. The fourth-order valence-corrected chi connectivity index (χ4v) is 2.03. The Bertz CT molecular complexity index is 278. The summed E-state index contributed by atoms with van der Waals surface area (Å²) < 4.78 is 5.43. The third kappa shape index (κ3) is 5.46. The lowest BCUT2D eigenvalue weighted by molar-refractivity contribution is -0.124. The Kier molecular flexibility index (Phi) is 5.85. The summed E-state index contributed by atoms with van der Waals surface area (Å²) in [4.78, 5) is 12.1. The highest BCUT2D eigenvalue weighted by molar-refractivity contribution is 7.80. The van der Waals surface area contributed by atoms with E-state index in [1.54, 1.807) is 0 Å². The molecule has 0 radical (unpaired) electrons. The van der Waals surface area contributed by atoms with Gasteiger partial charge in [-0.2, -0.15) is 0 Å². The molecule has 1 rings (SSSR count). The molecule has 0 saturated heterocycles. The van der Waals surface area contributed by atoms with Crippen molar-refractivity contribution in [2.24, 2.45) is 23.5 Å². The second kappa shape index (κ2) is 6.91. The fraction of sp³-hybridized carbons (Fsp3) is 0.833. The zero-order valence-corrected chi connectivity index (χ0v) is 11.4. The SMILES string of the molecule is CC(C)C(C(=O)NCCOCC1CC1)C(N)=S. The average molecular weight is 258 g/mol. The molecule has 17 heavy (non-hydrogen) atoms. The maximum Gasteiger partial charge on any atom is 0.230 e. The van der Waals surface area contributed by atoms with Gasteiger partial charge in [0.15, 0.2) is 0 Å². The molecule has 1 amide bonds. The monoisotopic (exact) mass is 258 g/mol. The van der Waals surface area contributed by atoms with Crippen LogP contribution in [0.5, 0.6) is 0 Å². The van der Waals surface area contributed by atoms with Crippen LogP contribution in [0.3, 0.4) is 0 Å². The number of carbonyl (C=O) groups is 1. The number of thiocarbonyl (C=S) groups is 1. The van der Waals surface area contributed by atoms with Crippen LogP contribution in [0.4, 0.5) is 0 Å². The molecule has 0 aromatic carbocycles. The Morgan fingerprint density at radius 2 is 2.18 bits per heavy atom. The van der Waals surface area contributed by atoms with E-state index in [2.05, 4.69) is 5.32 Å². The van der Waals surface area contributed by atoms with E-state index in [1.165, 1.54) is 12.8 Å². The van der Waals surface area contributed by atoms with Crippen molar-refractivity contribution in [1.29, 1.82) is 0 Å². The van der Waals surface area contributed by atoms with E-state index in [4.69, 9.17) is 22.7 Å². The van der Waals surface area contributed by atoms with Gasteiger partial charge in [-0.15, -0.1) is 0 Å². The van der Waals surface area contributed by atoms with Crippen molar-refractivity contribution in [2.45, 2.75) is 26.7 Å². The van der Waals surface area contributed by atoms with Crippen molar-refractivity contribution in [1.82, 2.24) is 5.32 Å². The third-order valence-electron chi connectivity index (χ3n) is 2.85. The molecule has 0 heterocycles.